The largest absolute Gasteiger partial charge is 0.356 e. The lowest BCUT2D eigenvalue weighted by Gasteiger charge is -2.10. The van der Waals surface area contributed by atoms with Crippen molar-refractivity contribution in [1.82, 2.24) is 0 Å². The molecule has 0 saturated carbocycles. The van der Waals surface area contributed by atoms with Crippen molar-refractivity contribution in [2.24, 2.45) is 0 Å². The third kappa shape index (κ3) is 5.19. The minimum Gasteiger partial charge on any atom is -0.356 e. The molecule has 166 valence electrons. The van der Waals surface area contributed by atoms with Crippen molar-refractivity contribution in [3.63, 3.8) is 0 Å². The summed E-state index contributed by atoms with van der Waals surface area (Å²) in [6, 6.07) is 42.8. The summed E-state index contributed by atoms with van der Waals surface area (Å²) in [6.07, 6.45) is 0. The fourth-order valence-electron chi connectivity index (χ4n) is 3.95. The normalized spacial score (nSPS) is 10.6. The van der Waals surface area contributed by atoms with Crippen LogP contribution in [0.1, 0.15) is 11.1 Å². The van der Waals surface area contributed by atoms with Gasteiger partial charge >= 0.3 is 0 Å². The van der Waals surface area contributed by atoms with Crippen molar-refractivity contribution in [1.29, 1.82) is 0 Å². The third-order valence-electron chi connectivity index (χ3n) is 6.00. The first-order chi connectivity index (χ1) is 16.6. The monoisotopic (exact) mass is 440 g/mol. The smallest absolute Gasteiger partial charge is 0.0384 e. The molecule has 5 aromatic rings. The van der Waals surface area contributed by atoms with Crippen LogP contribution in [0.2, 0.25) is 0 Å². The molecule has 0 atom stereocenters. The van der Waals surface area contributed by atoms with E-state index in [2.05, 4.69) is 146 Å². The van der Waals surface area contributed by atoms with Gasteiger partial charge in [-0.15, -0.1) is 0 Å². The van der Waals surface area contributed by atoms with Crippen LogP contribution >= 0.6 is 0 Å². The molecule has 0 aromatic heterocycles. The molecule has 0 bridgehead atoms. The predicted octanol–water partition coefficient (Wildman–Crippen LogP) is 9.12. The first-order valence-corrected chi connectivity index (χ1v) is 11.6. The minimum absolute atomic E-state index is 1.09. The van der Waals surface area contributed by atoms with Crippen molar-refractivity contribution in [2.75, 3.05) is 10.6 Å². The van der Waals surface area contributed by atoms with Gasteiger partial charge in [-0.3, -0.25) is 0 Å². The Kier molecular flexibility index (Phi) is 6.13. The summed E-state index contributed by atoms with van der Waals surface area (Å²) in [5.41, 5.74) is 11.7. The summed E-state index contributed by atoms with van der Waals surface area (Å²) >= 11 is 0. The summed E-state index contributed by atoms with van der Waals surface area (Å²) in [5, 5.41) is 6.91. The number of hydrogen-bond donors (Lipinski definition) is 2. The second-order valence-electron chi connectivity index (χ2n) is 8.71. The molecule has 0 amide bonds. The molecule has 0 unspecified atom stereocenters. The summed E-state index contributed by atoms with van der Waals surface area (Å²) < 4.78 is 0. The Hall–Kier alpha value is -4.30. The van der Waals surface area contributed by atoms with Gasteiger partial charge in [0.25, 0.3) is 0 Å². The van der Waals surface area contributed by atoms with E-state index in [4.69, 9.17) is 0 Å². The van der Waals surface area contributed by atoms with Crippen LogP contribution in [0.5, 0.6) is 0 Å². The van der Waals surface area contributed by atoms with Crippen LogP contribution in [0.3, 0.4) is 0 Å². The zero-order valence-electron chi connectivity index (χ0n) is 19.5. The molecular weight excluding hydrogens is 412 g/mol. The topological polar surface area (TPSA) is 24.1 Å². The van der Waals surface area contributed by atoms with E-state index in [1.807, 2.05) is 0 Å². The zero-order valence-corrected chi connectivity index (χ0v) is 19.5. The van der Waals surface area contributed by atoms with Crippen LogP contribution in [-0.4, -0.2) is 0 Å². The van der Waals surface area contributed by atoms with Crippen molar-refractivity contribution in [3.05, 3.63) is 132 Å². The van der Waals surface area contributed by atoms with Crippen LogP contribution in [0.25, 0.3) is 22.3 Å². The average molecular weight is 441 g/mol. The Labute approximate surface area is 201 Å². The highest BCUT2D eigenvalue weighted by atomic mass is 14.9. The van der Waals surface area contributed by atoms with Crippen LogP contribution < -0.4 is 10.6 Å². The first-order valence-electron chi connectivity index (χ1n) is 11.6. The van der Waals surface area contributed by atoms with E-state index >= 15 is 0 Å². The number of nitrogens with one attached hydrogen (secondary N) is 2. The van der Waals surface area contributed by atoms with Gasteiger partial charge in [-0.25, -0.2) is 0 Å². The quantitative estimate of drug-likeness (QED) is 0.275. The summed E-state index contributed by atoms with van der Waals surface area (Å²) in [4.78, 5) is 0. The Balaban J connectivity index is 1.25. The van der Waals surface area contributed by atoms with E-state index < -0.39 is 0 Å². The molecule has 0 heterocycles. The molecule has 0 saturated heterocycles. The van der Waals surface area contributed by atoms with Gasteiger partial charge < -0.3 is 10.6 Å². The fraction of sp³-hybridized carbons (Fsp3) is 0.0625. The maximum atomic E-state index is 3.46. The molecule has 2 heteroatoms. The molecule has 2 nitrogen and oxygen atoms in total. The number of rotatable bonds is 6. The zero-order chi connectivity index (χ0) is 23.3. The van der Waals surface area contributed by atoms with Gasteiger partial charge in [0.05, 0.1) is 0 Å². The van der Waals surface area contributed by atoms with Gasteiger partial charge in [0.1, 0.15) is 0 Å². The van der Waals surface area contributed by atoms with Crippen LogP contribution in [-0.2, 0) is 0 Å². The Morgan fingerprint density at radius 3 is 0.765 bits per heavy atom. The molecular formula is C32H28N2. The molecule has 0 radical (unpaired) electrons. The molecule has 0 spiro atoms. The Bertz CT molecular complexity index is 1240. The summed E-state index contributed by atoms with van der Waals surface area (Å²) in [6.45, 7) is 4.20. The standard InChI is InChI=1S/C32H28N2/c1-23-3-15-29(16-4-23)33-31-19-11-27(12-20-31)25-7-9-26(10-8-25)28-13-21-32(22-14-28)34-30-17-5-24(2)6-18-30/h3-22,33-34H,1-2H3. The van der Waals surface area contributed by atoms with Gasteiger partial charge in [0.15, 0.2) is 0 Å². The van der Waals surface area contributed by atoms with E-state index in [-0.39, 0.29) is 0 Å². The molecule has 34 heavy (non-hydrogen) atoms. The van der Waals surface area contributed by atoms with Gasteiger partial charge in [0, 0.05) is 22.7 Å². The van der Waals surface area contributed by atoms with E-state index in [1.54, 1.807) is 0 Å². The molecule has 0 fully saturated rings. The number of anilines is 4. The second kappa shape index (κ2) is 9.68. The van der Waals surface area contributed by atoms with Crippen molar-refractivity contribution >= 4 is 22.7 Å². The van der Waals surface area contributed by atoms with Crippen molar-refractivity contribution < 1.29 is 0 Å². The third-order valence-corrected chi connectivity index (χ3v) is 6.00. The van der Waals surface area contributed by atoms with Crippen LogP contribution in [0, 0.1) is 13.8 Å². The second-order valence-corrected chi connectivity index (χ2v) is 8.71. The summed E-state index contributed by atoms with van der Waals surface area (Å²) in [7, 11) is 0. The van der Waals surface area contributed by atoms with Crippen molar-refractivity contribution in [3.8, 4) is 22.3 Å². The SMILES string of the molecule is Cc1ccc(Nc2ccc(-c3ccc(-c4ccc(Nc5ccc(C)cc5)cc4)cc3)cc2)cc1. The van der Waals surface area contributed by atoms with Gasteiger partial charge in [-0.2, -0.15) is 0 Å². The average Bonchev–Trinajstić information content (AvgIpc) is 2.88. The molecule has 0 aliphatic carbocycles. The lowest BCUT2D eigenvalue weighted by atomic mass is 10.00. The number of hydrogen-bond acceptors (Lipinski definition) is 2. The minimum atomic E-state index is 1.09. The lowest BCUT2D eigenvalue weighted by Crippen LogP contribution is -1.90. The van der Waals surface area contributed by atoms with E-state index in [9.17, 15) is 0 Å². The van der Waals surface area contributed by atoms with Crippen molar-refractivity contribution in [2.45, 2.75) is 13.8 Å². The van der Waals surface area contributed by atoms with Crippen LogP contribution in [0.15, 0.2) is 121 Å². The van der Waals surface area contributed by atoms with Gasteiger partial charge in [-0.1, -0.05) is 83.9 Å². The maximum Gasteiger partial charge on any atom is 0.0384 e. The van der Waals surface area contributed by atoms with E-state index in [0.29, 0.717) is 0 Å². The Morgan fingerprint density at radius 2 is 0.500 bits per heavy atom. The van der Waals surface area contributed by atoms with E-state index in [0.717, 1.165) is 22.7 Å². The molecule has 0 aliphatic heterocycles. The number of benzene rings is 5. The van der Waals surface area contributed by atoms with E-state index in [1.165, 1.54) is 33.4 Å². The van der Waals surface area contributed by atoms with Crippen LogP contribution in [0.4, 0.5) is 22.7 Å². The molecule has 5 aromatic carbocycles. The predicted molar refractivity (Wildman–Crippen MR) is 146 cm³/mol. The number of aryl methyl sites for hydroxylation is 2. The summed E-state index contributed by atoms with van der Waals surface area (Å²) in [5.74, 6) is 0. The first kappa shape index (κ1) is 21.5. The molecule has 2 N–H and O–H groups in total. The highest BCUT2D eigenvalue weighted by Gasteiger charge is 2.03. The van der Waals surface area contributed by atoms with Gasteiger partial charge in [-0.05, 0) is 84.6 Å². The highest BCUT2D eigenvalue weighted by molar-refractivity contribution is 5.73. The fourth-order valence-corrected chi connectivity index (χ4v) is 3.95. The Morgan fingerprint density at radius 1 is 0.294 bits per heavy atom. The highest BCUT2D eigenvalue weighted by Crippen LogP contribution is 2.28. The molecule has 5 rings (SSSR count). The molecule has 0 aliphatic rings. The van der Waals surface area contributed by atoms with Gasteiger partial charge in [0.2, 0.25) is 0 Å². The maximum absolute atomic E-state index is 3.46. The lowest BCUT2D eigenvalue weighted by molar-refractivity contribution is 1.45.